The highest BCUT2D eigenvalue weighted by molar-refractivity contribution is 5.79. The zero-order chi connectivity index (χ0) is 9.40. The summed E-state index contributed by atoms with van der Waals surface area (Å²) in [5.74, 6) is 0.214. The molecule has 0 aliphatic carbocycles. The predicted molar refractivity (Wildman–Crippen MR) is 53.4 cm³/mol. The third kappa shape index (κ3) is 4.50. The largest absolute Gasteiger partial charge is 0.387 e. The number of nitrogens with one attached hydrogen (secondary N) is 1. The average molecular weight is 164 g/mol. The molecule has 1 rings (SSSR count). The van der Waals surface area contributed by atoms with Gasteiger partial charge in [-0.2, -0.15) is 0 Å². The maximum atomic E-state index is 7.01. The fourth-order valence-corrected chi connectivity index (χ4v) is 0.816. The second-order valence-electron chi connectivity index (χ2n) is 2.19. The van der Waals surface area contributed by atoms with Crippen molar-refractivity contribution in [2.75, 3.05) is 0 Å². The van der Waals surface area contributed by atoms with Gasteiger partial charge in [0.25, 0.3) is 0 Å². The van der Waals surface area contributed by atoms with Gasteiger partial charge in [-0.25, -0.2) is 0 Å². The van der Waals surface area contributed by atoms with Crippen LogP contribution in [0.4, 0.5) is 0 Å². The molecule has 0 spiro atoms. The molecule has 2 heteroatoms. The highest BCUT2D eigenvalue weighted by Crippen LogP contribution is 1.97. The summed E-state index contributed by atoms with van der Waals surface area (Å²) < 4.78 is 0. The summed E-state index contributed by atoms with van der Waals surface area (Å²) in [6.07, 6.45) is 0.556. The van der Waals surface area contributed by atoms with E-state index in [1.807, 2.05) is 44.2 Å². The van der Waals surface area contributed by atoms with Crippen molar-refractivity contribution in [2.45, 2.75) is 20.3 Å². The van der Waals surface area contributed by atoms with Gasteiger partial charge in [-0.1, -0.05) is 44.2 Å². The molecule has 0 bridgehead atoms. The number of amidine groups is 1. The van der Waals surface area contributed by atoms with Gasteiger partial charge in [-0.3, -0.25) is 5.41 Å². The second kappa shape index (κ2) is 6.40. The normalized spacial score (nSPS) is 8.17. The lowest BCUT2D eigenvalue weighted by Crippen LogP contribution is -2.12. The van der Waals surface area contributed by atoms with E-state index in [9.17, 15) is 0 Å². The summed E-state index contributed by atoms with van der Waals surface area (Å²) in [6, 6.07) is 9.75. The van der Waals surface area contributed by atoms with Gasteiger partial charge in [0.2, 0.25) is 0 Å². The predicted octanol–water partition coefficient (Wildman–Crippen LogP) is 2.19. The van der Waals surface area contributed by atoms with E-state index >= 15 is 0 Å². The molecule has 1 aromatic rings. The molecule has 0 amide bonds. The van der Waals surface area contributed by atoms with Crippen LogP contribution in [-0.2, 0) is 6.42 Å². The highest BCUT2D eigenvalue weighted by atomic mass is 14.7. The van der Waals surface area contributed by atoms with E-state index in [4.69, 9.17) is 11.1 Å². The lowest BCUT2D eigenvalue weighted by atomic mass is 10.1. The molecule has 0 fully saturated rings. The molecule has 0 saturated carbocycles. The van der Waals surface area contributed by atoms with Gasteiger partial charge in [0.1, 0.15) is 0 Å². The minimum atomic E-state index is 0.214. The summed E-state index contributed by atoms with van der Waals surface area (Å²) in [7, 11) is 0. The minimum Gasteiger partial charge on any atom is -0.387 e. The molecule has 3 N–H and O–H groups in total. The van der Waals surface area contributed by atoms with E-state index in [2.05, 4.69) is 0 Å². The van der Waals surface area contributed by atoms with Crippen LogP contribution in [0.5, 0.6) is 0 Å². The standard InChI is InChI=1S/C8H10N2.C2H6/c9-8(10)6-7-4-2-1-3-5-7;1-2/h1-5H,6H2,(H3,9,10);1-2H3. The summed E-state index contributed by atoms with van der Waals surface area (Å²) in [5.41, 5.74) is 6.30. The van der Waals surface area contributed by atoms with E-state index in [1.54, 1.807) is 0 Å². The number of benzene rings is 1. The molecule has 0 aliphatic rings. The summed E-state index contributed by atoms with van der Waals surface area (Å²) in [4.78, 5) is 0. The average Bonchev–Trinajstić information content (AvgIpc) is 2.08. The van der Waals surface area contributed by atoms with Crippen LogP contribution in [-0.4, -0.2) is 5.84 Å². The first-order valence-corrected chi connectivity index (χ1v) is 4.16. The van der Waals surface area contributed by atoms with Crippen molar-refractivity contribution in [2.24, 2.45) is 5.73 Å². The van der Waals surface area contributed by atoms with Crippen molar-refractivity contribution >= 4 is 5.84 Å². The molecule has 0 heterocycles. The van der Waals surface area contributed by atoms with E-state index < -0.39 is 0 Å². The van der Waals surface area contributed by atoms with Crippen LogP contribution in [0, 0.1) is 5.41 Å². The second-order valence-corrected chi connectivity index (χ2v) is 2.19. The molecule has 1 aromatic carbocycles. The van der Waals surface area contributed by atoms with Crippen molar-refractivity contribution in [3.63, 3.8) is 0 Å². The monoisotopic (exact) mass is 164 g/mol. The maximum absolute atomic E-state index is 7.01. The first-order chi connectivity index (χ1) is 5.79. The molecule has 0 saturated heterocycles. The van der Waals surface area contributed by atoms with Crippen molar-refractivity contribution < 1.29 is 0 Å². The Kier molecular flexibility index (Phi) is 5.70. The van der Waals surface area contributed by atoms with E-state index in [0.29, 0.717) is 6.42 Å². The maximum Gasteiger partial charge on any atom is 0.0950 e. The van der Waals surface area contributed by atoms with Crippen molar-refractivity contribution in [1.29, 1.82) is 5.41 Å². The molecule has 0 unspecified atom stereocenters. The van der Waals surface area contributed by atoms with Crippen LogP contribution in [0.15, 0.2) is 30.3 Å². The Bertz CT molecular complexity index is 217. The molecule has 0 aliphatic heterocycles. The number of rotatable bonds is 2. The Labute approximate surface area is 73.9 Å². The third-order valence-electron chi connectivity index (χ3n) is 1.24. The van der Waals surface area contributed by atoms with Gasteiger partial charge < -0.3 is 5.73 Å². The summed E-state index contributed by atoms with van der Waals surface area (Å²) in [5, 5.41) is 7.01. The van der Waals surface area contributed by atoms with Crippen LogP contribution in [0.2, 0.25) is 0 Å². The molecule has 0 atom stereocenters. The van der Waals surface area contributed by atoms with Gasteiger partial charge in [-0.05, 0) is 5.56 Å². The summed E-state index contributed by atoms with van der Waals surface area (Å²) in [6.45, 7) is 4.00. The van der Waals surface area contributed by atoms with E-state index in [-0.39, 0.29) is 5.84 Å². The topological polar surface area (TPSA) is 49.9 Å². The summed E-state index contributed by atoms with van der Waals surface area (Å²) >= 11 is 0. The first kappa shape index (κ1) is 10.7. The Morgan fingerprint density at radius 2 is 1.75 bits per heavy atom. The van der Waals surface area contributed by atoms with Crippen LogP contribution in [0.3, 0.4) is 0 Å². The van der Waals surface area contributed by atoms with Crippen LogP contribution < -0.4 is 5.73 Å². The fraction of sp³-hybridized carbons (Fsp3) is 0.300. The van der Waals surface area contributed by atoms with E-state index in [1.165, 1.54) is 0 Å². The van der Waals surface area contributed by atoms with Crippen molar-refractivity contribution in [1.82, 2.24) is 0 Å². The minimum absolute atomic E-state index is 0.214. The van der Waals surface area contributed by atoms with E-state index in [0.717, 1.165) is 5.56 Å². The molecule has 12 heavy (non-hydrogen) atoms. The quantitative estimate of drug-likeness (QED) is 0.511. The smallest absolute Gasteiger partial charge is 0.0950 e. The number of hydrogen-bond donors (Lipinski definition) is 2. The van der Waals surface area contributed by atoms with Crippen LogP contribution in [0.25, 0.3) is 0 Å². The molecule has 66 valence electrons. The first-order valence-electron chi connectivity index (χ1n) is 4.16. The van der Waals surface area contributed by atoms with Gasteiger partial charge in [0, 0.05) is 6.42 Å². The lowest BCUT2D eigenvalue weighted by molar-refractivity contribution is 1.25. The SMILES string of the molecule is CC.N=C(N)Cc1ccccc1. The van der Waals surface area contributed by atoms with Gasteiger partial charge in [-0.15, -0.1) is 0 Å². The molecular formula is C10H16N2. The Morgan fingerprint density at radius 3 is 2.17 bits per heavy atom. The number of hydrogen-bond acceptors (Lipinski definition) is 1. The van der Waals surface area contributed by atoms with Gasteiger partial charge >= 0.3 is 0 Å². The lowest BCUT2D eigenvalue weighted by Gasteiger charge is -1.96. The van der Waals surface area contributed by atoms with Crippen LogP contribution >= 0.6 is 0 Å². The molecule has 2 nitrogen and oxygen atoms in total. The number of nitrogens with two attached hydrogens (primary N) is 1. The Hall–Kier alpha value is -1.31. The van der Waals surface area contributed by atoms with Crippen molar-refractivity contribution in [3.05, 3.63) is 35.9 Å². The zero-order valence-electron chi connectivity index (χ0n) is 7.67. The fourth-order valence-electron chi connectivity index (χ4n) is 0.816. The van der Waals surface area contributed by atoms with Crippen LogP contribution in [0.1, 0.15) is 19.4 Å². The Morgan fingerprint density at radius 1 is 1.25 bits per heavy atom. The molecule has 0 radical (unpaired) electrons. The van der Waals surface area contributed by atoms with Gasteiger partial charge in [0.05, 0.1) is 5.84 Å². The highest BCUT2D eigenvalue weighted by Gasteiger charge is 1.90. The van der Waals surface area contributed by atoms with Crippen molar-refractivity contribution in [3.8, 4) is 0 Å². The molecule has 0 aromatic heterocycles. The zero-order valence-corrected chi connectivity index (χ0v) is 7.67. The molecular weight excluding hydrogens is 148 g/mol. The van der Waals surface area contributed by atoms with Gasteiger partial charge in [0.15, 0.2) is 0 Å². The third-order valence-corrected chi connectivity index (χ3v) is 1.24. The Balaban J connectivity index is 0.000000561.